The molecule has 0 spiro atoms. The first-order valence-corrected chi connectivity index (χ1v) is 12.3. The molecule has 2 aromatic heterocycles. The van der Waals surface area contributed by atoms with Crippen LogP contribution in [0.15, 0.2) is 80.8 Å². The number of benzene rings is 2. The van der Waals surface area contributed by atoms with Crippen LogP contribution in [0, 0.1) is 5.82 Å². The van der Waals surface area contributed by atoms with E-state index in [9.17, 15) is 17.6 Å². The topological polar surface area (TPSA) is 101 Å². The van der Waals surface area contributed by atoms with Gasteiger partial charge in [-0.05, 0) is 52.3 Å². The largest absolute Gasteiger partial charge is 0.468 e. The molecule has 0 aliphatic carbocycles. The van der Waals surface area contributed by atoms with Gasteiger partial charge in [-0.2, -0.15) is 0 Å². The van der Waals surface area contributed by atoms with Gasteiger partial charge in [0.05, 0.1) is 28.1 Å². The van der Waals surface area contributed by atoms with Crippen molar-refractivity contribution in [2.45, 2.75) is 11.4 Å². The number of hydrogen-bond acceptors (Lipinski definition) is 6. The van der Waals surface area contributed by atoms with Gasteiger partial charge in [0.2, 0.25) is 10.0 Å². The number of nitrogens with one attached hydrogen (secondary N) is 2. The second-order valence-electron chi connectivity index (χ2n) is 6.51. The molecule has 0 unspecified atom stereocenters. The zero-order chi connectivity index (χ0) is 22.7. The fourth-order valence-electron chi connectivity index (χ4n) is 2.79. The van der Waals surface area contributed by atoms with Crippen LogP contribution in [0.3, 0.4) is 0 Å². The van der Waals surface area contributed by atoms with Crippen molar-refractivity contribution in [3.63, 3.8) is 0 Å². The second-order valence-corrected chi connectivity index (χ2v) is 10.2. The van der Waals surface area contributed by atoms with E-state index in [0.717, 1.165) is 11.3 Å². The number of rotatable bonds is 7. The summed E-state index contributed by atoms with van der Waals surface area (Å²) in [6.07, 6.45) is 2.91. The van der Waals surface area contributed by atoms with Gasteiger partial charge in [0.25, 0.3) is 5.91 Å². The standard InChI is InChI=1S/C21H15BrFN3O4S2/c22-17-8-7-14(32(28,29)25-11-13-4-3-9-30-13)10-16(17)20(27)26-21-24-12-19(31-21)15-5-1-2-6-18(15)23/h1-10,12,25H,11H2,(H,24,26,27). The summed E-state index contributed by atoms with van der Waals surface area (Å²) < 4.78 is 47.2. The van der Waals surface area contributed by atoms with E-state index >= 15 is 0 Å². The molecule has 2 aromatic carbocycles. The van der Waals surface area contributed by atoms with Gasteiger partial charge in [-0.1, -0.05) is 29.5 Å². The average molecular weight is 536 g/mol. The Labute approximate surface area is 195 Å². The molecule has 11 heteroatoms. The molecule has 4 rings (SSSR count). The van der Waals surface area contributed by atoms with Gasteiger partial charge >= 0.3 is 0 Å². The molecule has 2 heterocycles. The van der Waals surface area contributed by atoms with Crippen LogP contribution in [-0.4, -0.2) is 19.3 Å². The minimum absolute atomic E-state index is 0.0230. The molecule has 0 fully saturated rings. The smallest absolute Gasteiger partial charge is 0.258 e. The molecule has 7 nitrogen and oxygen atoms in total. The van der Waals surface area contributed by atoms with Crippen LogP contribution in [0.4, 0.5) is 9.52 Å². The van der Waals surface area contributed by atoms with Crippen LogP contribution >= 0.6 is 27.3 Å². The van der Waals surface area contributed by atoms with E-state index in [-0.39, 0.29) is 22.1 Å². The van der Waals surface area contributed by atoms with Crippen molar-refractivity contribution in [1.82, 2.24) is 9.71 Å². The van der Waals surface area contributed by atoms with Crippen molar-refractivity contribution in [2.24, 2.45) is 0 Å². The highest BCUT2D eigenvalue weighted by Crippen LogP contribution is 2.31. The minimum Gasteiger partial charge on any atom is -0.468 e. The highest BCUT2D eigenvalue weighted by Gasteiger charge is 2.20. The predicted molar refractivity (Wildman–Crippen MR) is 122 cm³/mol. The summed E-state index contributed by atoms with van der Waals surface area (Å²) in [5.41, 5.74) is 0.482. The maximum absolute atomic E-state index is 14.0. The molecule has 0 atom stereocenters. The van der Waals surface area contributed by atoms with E-state index in [1.165, 1.54) is 36.7 Å². The van der Waals surface area contributed by atoms with Gasteiger partial charge in [-0.15, -0.1) is 0 Å². The molecular weight excluding hydrogens is 521 g/mol. The molecule has 164 valence electrons. The number of sulfonamides is 1. The van der Waals surface area contributed by atoms with E-state index in [0.29, 0.717) is 20.7 Å². The number of furan rings is 1. The SMILES string of the molecule is O=C(Nc1ncc(-c2ccccc2F)s1)c1cc(S(=O)(=O)NCc2ccco2)ccc1Br. The summed E-state index contributed by atoms with van der Waals surface area (Å²) in [5, 5.41) is 2.88. The number of anilines is 1. The number of hydrogen-bond donors (Lipinski definition) is 2. The maximum Gasteiger partial charge on any atom is 0.258 e. The fourth-order valence-corrected chi connectivity index (χ4v) is 5.07. The Morgan fingerprint density at radius 3 is 2.72 bits per heavy atom. The minimum atomic E-state index is -3.88. The monoisotopic (exact) mass is 535 g/mol. The number of aromatic nitrogens is 1. The first-order chi connectivity index (χ1) is 15.3. The second kappa shape index (κ2) is 9.33. The third-order valence-electron chi connectivity index (χ3n) is 4.37. The normalized spacial score (nSPS) is 11.4. The quantitative estimate of drug-likeness (QED) is 0.345. The van der Waals surface area contributed by atoms with Gasteiger partial charge in [-0.3, -0.25) is 10.1 Å². The van der Waals surface area contributed by atoms with Crippen molar-refractivity contribution >= 4 is 48.3 Å². The van der Waals surface area contributed by atoms with Crippen LogP contribution in [0.25, 0.3) is 10.4 Å². The Kier molecular flexibility index (Phi) is 6.51. The molecule has 4 aromatic rings. The van der Waals surface area contributed by atoms with Gasteiger partial charge < -0.3 is 4.42 Å². The zero-order valence-electron chi connectivity index (χ0n) is 16.2. The van der Waals surface area contributed by atoms with Crippen molar-refractivity contribution < 1.29 is 22.0 Å². The van der Waals surface area contributed by atoms with E-state index in [4.69, 9.17) is 4.42 Å². The summed E-state index contributed by atoms with van der Waals surface area (Å²) in [6, 6.07) is 13.7. The molecule has 0 radical (unpaired) electrons. The van der Waals surface area contributed by atoms with Gasteiger partial charge in [0.15, 0.2) is 5.13 Å². The Hall–Kier alpha value is -2.86. The van der Waals surface area contributed by atoms with Crippen LogP contribution in [0.1, 0.15) is 16.1 Å². The lowest BCUT2D eigenvalue weighted by Gasteiger charge is -2.09. The zero-order valence-corrected chi connectivity index (χ0v) is 19.4. The summed E-state index contributed by atoms with van der Waals surface area (Å²) in [5.74, 6) is -0.496. The summed E-state index contributed by atoms with van der Waals surface area (Å²) >= 11 is 4.38. The number of thiazole rings is 1. The predicted octanol–water partition coefficient (Wildman–Crippen LogP) is 5.04. The number of halogens is 2. The lowest BCUT2D eigenvalue weighted by atomic mass is 10.2. The molecule has 32 heavy (non-hydrogen) atoms. The van der Waals surface area contributed by atoms with E-state index in [1.807, 2.05) is 0 Å². The number of nitrogens with zero attached hydrogens (tertiary/aromatic N) is 1. The highest BCUT2D eigenvalue weighted by atomic mass is 79.9. The molecule has 0 saturated heterocycles. The molecule has 1 amide bonds. The van der Waals surface area contributed by atoms with Crippen LogP contribution in [0.2, 0.25) is 0 Å². The summed E-state index contributed by atoms with van der Waals surface area (Å²) in [7, 11) is -3.88. The third-order valence-corrected chi connectivity index (χ3v) is 7.41. The number of carbonyl (C=O) groups is 1. The van der Waals surface area contributed by atoms with Crippen molar-refractivity contribution in [2.75, 3.05) is 5.32 Å². The Morgan fingerprint density at radius 2 is 1.97 bits per heavy atom. The van der Waals surface area contributed by atoms with E-state index in [1.54, 1.807) is 30.3 Å². The molecule has 0 saturated carbocycles. The summed E-state index contributed by atoms with van der Waals surface area (Å²) in [4.78, 5) is 17.4. The number of amides is 1. The van der Waals surface area contributed by atoms with Gasteiger partial charge in [0, 0.05) is 16.2 Å². The fraction of sp³-hybridized carbons (Fsp3) is 0.0476. The first-order valence-electron chi connectivity index (χ1n) is 9.17. The van der Waals surface area contributed by atoms with Crippen molar-refractivity contribution in [3.05, 3.63) is 88.7 Å². The summed E-state index contributed by atoms with van der Waals surface area (Å²) in [6.45, 7) is -0.0230. The average Bonchev–Trinajstić information content (AvgIpc) is 3.45. The Balaban J connectivity index is 1.52. The van der Waals surface area contributed by atoms with Gasteiger partial charge in [0.1, 0.15) is 11.6 Å². The van der Waals surface area contributed by atoms with Crippen LogP contribution in [0.5, 0.6) is 0 Å². The molecular formula is C21H15BrFN3O4S2. The Morgan fingerprint density at radius 1 is 1.16 bits per heavy atom. The number of carbonyl (C=O) groups excluding carboxylic acids is 1. The van der Waals surface area contributed by atoms with Crippen molar-refractivity contribution in [1.29, 1.82) is 0 Å². The lowest BCUT2D eigenvalue weighted by molar-refractivity contribution is 0.102. The molecule has 0 aliphatic rings. The van der Waals surface area contributed by atoms with Crippen LogP contribution in [-0.2, 0) is 16.6 Å². The van der Waals surface area contributed by atoms with Crippen LogP contribution < -0.4 is 10.0 Å². The van der Waals surface area contributed by atoms with E-state index < -0.39 is 21.7 Å². The lowest BCUT2D eigenvalue weighted by Crippen LogP contribution is -2.23. The highest BCUT2D eigenvalue weighted by molar-refractivity contribution is 9.10. The first kappa shape index (κ1) is 22.3. The van der Waals surface area contributed by atoms with E-state index in [2.05, 4.69) is 31.0 Å². The van der Waals surface area contributed by atoms with Gasteiger partial charge in [-0.25, -0.2) is 22.5 Å². The molecule has 2 N–H and O–H groups in total. The Bertz CT molecular complexity index is 1370. The molecule has 0 bridgehead atoms. The maximum atomic E-state index is 14.0. The molecule has 0 aliphatic heterocycles. The van der Waals surface area contributed by atoms with Crippen molar-refractivity contribution in [3.8, 4) is 10.4 Å². The third kappa shape index (κ3) is 4.96.